The van der Waals surface area contributed by atoms with Crippen molar-refractivity contribution < 1.29 is 19.3 Å². The van der Waals surface area contributed by atoms with Crippen LogP contribution in [-0.2, 0) is 13.1 Å². The molecule has 0 bridgehead atoms. The topological polar surface area (TPSA) is 56.2 Å². The number of hydrogen-bond donors (Lipinski definition) is 2. The number of benzene rings is 2. The molecule has 1 atom stereocenters. The second-order valence-corrected chi connectivity index (χ2v) is 7.54. The summed E-state index contributed by atoms with van der Waals surface area (Å²) < 4.78 is 19.4. The van der Waals surface area contributed by atoms with Crippen molar-refractivity contribution in [2.75, 3.05) is 33.4 Å². The summed E-state index contributed by atoms with van der Waals surface area (Å²) in [6.07, 6.45) is 0.607. The zero-order chi connectivity index (χ0) is 20.1. The molecule has 5 nitrogen and oxygen atoms in total. The number of aliphatic hydroxyl groups excluding tert-OH is 1. The molecule has 2 N–H and O–H groups in total. The summed E-state index contributed by atoms with van der Waals surface area (Å²) in [5, 5.41) is 20.1. The Hall–Kier alpha value is -1.86. The Bertz CT molecular complexity index is 805. The third-order valence-corrected chi connectivity index (χ3v) is 5.46. The minimum atomic E-state index is -0.284. The monoisotopic (exact) mass is 408 g/mol. The highest BCUT2D eigenvalue weighted by Gasteiger charge is 2.27. The predicted octanol–water partition coefficient (Wildman–Crippen LogP) is 3.26. The Morgan fingerprint density at radius 1 is 1.14 bits per heavy atom. The highest BCUT2D eigenvalue weighted by atomic mass is 35.5. The number of phenolic OH excluding ortho intramolecular Hbond substituents is 1. The summed E-state index contributed by atoms with van der Waals surface area (Å²) in [6.45, 7) is 3.39. The highest BCUT2D eigenvalue weighted by molar-refractivity contribution is 6.30. The first-order chi connectivity index (χ1) is 13.5. The molecule has 0 amide bonds. The molecule has 0 spiro atoms. The number of halogens is 2. The first-order valence-corrected chi connectivity index (χ1v) is 9.75. The lowest BCUT2D eigenvalue weighted by Gasteiger charge is -2.41. The number of phenols is 1. The lowest BCUT2D eigenvalue weighted by molar-refractivity contribution is 0.0489. The Morgan fingerprint density at radius 2 is 1.96 bits per heavy atom. The number of ether oxygens (including phenoxy) is 1. The number of aliphatic hydroxyl groups is 1. The number of piperazine rings is 1. The second kappa shape index (κ2) is 9.56. The third-order valence-electron chi connectivity index (χ3n) is 5.22. The number of methoxy groups -OCH3 is 1. The van der Waals surface area contributed by atoms with Gasteiger partial charge in [-0.3, -0.25) is 9.80 Å². The lowest BCUT2D eigenvalue weighted by Crippen LogP contribution is -2.52. The number of hydrogen-bond acceptors (Lipinski definition) is 5. The van der Waals surface area contributed by atoms with Crippen LogP contribution in [0.3, 0.4) is 0 Å². The summed E-state index contributed by atoms with van der Waals surface area (Å²) in [5.41, 5.74) is 1.40. The van der Waals surface area contributed by atoms with Gasteiger partial charge in [-0.05, 0) is 30.7 Å². The Labute approximate surface area is 169 Å². The maximum absolute atomic E-state index is 14.3. The van der Waals surface area contributed by atoms with E-state index in [1.165, 1.54) is 13.2 Å². The first kappa shape index (κ1) is 20.9. The fraction of sp³-hybridized carbons (Fsp3) is 0.429. The van der Waals surface area contributed by atoms with Gasteiger partial charge in [-0.25, -0.2) is 4.39 Å². The molecule has 0 aliphatic carbocycles. The van der Waals surface area contributed by atoms with Crippen LogP contribution in [0, 0.1) is 5.82 Å². The molecule has 7 heteroatoms. The van der Waals surface area contributed by atoms with Crippen molar-refractivity contribution in [3.63, 3.8) is 0 Å². The van der Waals surface area contributed by atoms with Gasteiger partial charge in [0.05, 0.1) is 7.11 Å². The quantitative estimate of drug-likeness (QED) is 0.736. The van der Waals surface area contributed by atoms with E-state index in [4.69, 9.17) is 16.3 Å². The van der Waals surface area contributed by atoms with Crippen molar-refractivity contribution in [3.8, 4) is 11.5 Å². The van der Waals surface area contributed by atoms with E-state index in [0.29, 0.717) is 35.8 Å². The molecule has 1 aliphatic rings. The maximum Gasteiger partial charge on any atom is 0.131 e. The van der Waals surface area contributed by atoms with Crippen LogP contribution in [0.5, 0.6) is 11.5 Å². The van der Waals surface area contributed by atoms with Crippen LogP contribution < -0.4 is 4.74 Å². The molecule has 2 aromatic rings. The van der Waals surface area contributed by atoms with Gasteiger partial charge in [0.2, 0.25) is 0 Å². The Morgan fingerprint density at radius 3 is 2.68 bits per heavy atom. The van der Waals surface area contributed by atoms with E-state index in [2.05, 4.69) is 9.80 Å². The molecular weight excluding hydrogens is 383 g/mol. The van der Waals surface area contributed by atoms with Crippen LogP contribution in [0.15, 0.2) is 36.4 Å². The fourth-order valence-corrected chi connectivity index (χ4v) is 3.85. The van der Waals surface area contributed by atoms with Crippen LogP contribution in [-0.4, -0.2) is 59.4 Å². The van der Waals surface area contributed by atoms with Gasteiger partial charge in [0.1, 0.15) is 17.3 Å². The van der Waals surface area contributed by atoms with Crippen molar-refractivity contribution in [1.82, 2.24) is 9.80 Å². The SMILES string of the molecule is COc1ccc(CN2CCN(Cc3cc(Cl)ccc3O)C[C@@H]2CCO)c(F)c1. The van der Waals surface area contributed by atoms with Gasteiger partial charge in [-0.2, -0.15) is 0 Å². The van der Waals surface area contributed by atoms with E-state index in [-0.39, 0.29) is 24.2 Å². The zero-order valence-corrected chi connectivity index (χ0v) is 16.7. The van der Waals surface area contributed by atoms with Crippen LogP contribution in [0.25, 0.3) is 0 Å². The van der Waals surface area contributed by atoms with E-state index in [0.717, 1.165) is 25.2 Å². The molecule has 1 aliphatic heterocycles. The van der Waals surface area contributed by atoms with Crippen molar-refractivity contribution in [2.24, 2.45) is 0 Å². The third kappa shape index (κ3) is 5.14. The minimum absolute atomic E-state index is 0.0719. The van der Waals surface area contributed by atoms with Gasteiger partial charge in [0, 0.05) is 67.6 Å². The number of aromatic hydroxyl groups is 1. The molecule has 1 fully saturated rings. The van der Waals surface area contributed by atoms with E-state index < -0.39 is 0 Å². The molecule has 152 valence electrons. The van der Waals surface area contributed by atoms with E-state index in [1.54, 1.807) is 30.3 Å². The summed E-state index contributed by atoms with van der Waals surface area (Å²) >= 11 is 6.05. The average Bonchev–Trinajstić information content (AvgIpc) is 2.68. The maximum atomic E-state index is 14.3. The molecule has 0 radical (unpaired) electrons. The van der Waals surface area contributed by atoms with Crippen LogP contribution in [0.1, 0.15) is 17.5 Å². The highest BCUT2D eigenvalue weighted by Crippen LogP contribution is 2.26. The lowest BCUT2D eigenvalue weighted by atomic mass is 10.1. The Kier molecular flexibility index (Phi) is 7.13. The van der Waals surface area contributed by atoms with Crippen LogP contribution in [0.4, 0.5) is 4.39 Å². The van der Waals surface area contributed by atoms with E-state index >= 15 is 0 Å². The van der Waals surface area contributed by atoms with E-state index in [1.807, 2.05) is 0 Å². The van der Waals surface area contributed by atoms with Gasteiger partial charge >= 0.3 is 0 Å². The van der Waals surface area contributed by atoms with Gasteiger partial charge in [0.25, 0.3) is 0 Å². The first-order valence-electron chi connectivity index (χ1n) is 9.37. The normalized spacial score (nSPS) is 18.4. The van der Waals surface area contributed by atoms with Crippen molar-refractivity contribution in [3.05, 3.63) is 58.4 Å². The summed E-state index contributed by atoms with van der Waals surface area (Å²) in [7, 11) is 1.52. The van der Waals surface area contributed by atoms with Crippen molar-refractivity contribution in [2.45, 2.75) is 25.6 Å². The van der Waals surface area contributed by atoms with Crippen molar-refractivity contribution >= 4 is 11.6 Å². The largest absolute Gasteiger partial charge is 0.508 e. The predicted molar refractivity (Wildman–Crippen MR) is 107 cm³/mol. The summed E-state index contributed by atoms with van der Waals surface area (Å²) in [4.78, 5) is 4.43. The van der Waals surface area contributed by atoms with Crippen LogP contribution in [0.2, 0.25) is 5.02 Å². The second-order valence-electron chi connectivity index (χ2n) is 7.10. The summed E-state index contributed by atoms with van der Waals surface area (Å²) in [5.74, 6) is 0.443. The molecule has 1 heterocycles. The van der Waals surface area contributed by atoms with Crippen molar-refractivity contribution in [1.29, 1.82) is 0 Å². The standard InChI is InChI=1S/C21H26ClFN2O3/c1-28-19-4-2-15(20(23)11-19)13-25-8-7-24(14-18(25)6-9-26)12-16-10-17(22)3-5-21(16)27/h2-5,10-11,18,26-27H,6-9,12-14H2,1H3/t18-/m0/s1. The molecule has 0 unspecified atom stereocenters. The molecule has 0 aromatic heterocycles. The average molecular weight is 409 g/mol. The van der Waals surface area contributed by atoms with E-state index in [9.17, 15) is 14.6 Å². The molecule has 2 aromatic carbocycles. The molecule has 0 saturated carbocycles. The minimum Gasteiger partial charge on any atom is -0.508 e. The Balaban J connectivity index is 1.68. The van der Waals surface area contributed by atoms with Gasteiger partial charge in [-0.1, -0.05) is 17.7 Å². The van der Waals surface area contributed by atoms with Gasteiger partial charge < -0.3 is 14.9 Å². The molecule has 1 saturated heterocycles. The molecule has 3 rings (SSSR count). The fourth-order valence-electron chi connectivity index (χ4n) is 3.66. The summed E-state index contributed by atoms with van der Waals surface area (Å²) in [6, 6.07) is 10.0. The van der Waals surface area contributed by atoms with Gasteiger partial charge in [0.15, 0.2) is 0 Å². The van der Waals surface area contributed by atoms with Crippen LogP contribution >= 0.6 is 11.6 Å². The van der Waals surface area contributed by atoms with Gasteiger partial charge in [-0.15, -0.1) is 0 Å². The smallest absolute Gasteiger partial charge is 0.131 e. The zero-order valence-electron chi connectivity index (χ0n) is 15.9. The molecular formula is C21H26ClFN2O3. The number of rotatable bonds is 7. The number of nitrogens with zero attached hydrogens (tertiary/aromatic N) is 2. The molecule has 28 heavy (non-hydrogen) atoms.